The van der Waals surface area contributed by atoms with Gasteiger partial charge < -0.3 is 15.4 Å². The summed E-state index contributed by atoms with van der Waals surface area (Å²) >= 11 is 0. The first kappa shape index (κ1) is 14.0. The Bertz CT molecular complexity index is 622. The van der Waals surface area contributed by atoms with Crippen molar-refractivity contribution in [2.24, 2.45) is 0 Å². The second-order valence-corrected chi connectivity index (χ2v) is 4.46. The Hall–Kier alpha value is -2.40. The molecule has 1 aromatic carbocycles. The molecule has 3 N–H and O–H groups in total. The van der Waals surface area contributed by atoms with Gasteiger partial charge in [0.05, 0.1) is 12.6 Å². The Morgan fingerprint density at radius 3 is 2.60 bits per heavy atom. The van der Waals surface area contributed by atoms with Gasteiger partial charge in [-0.3, -0.25) is 9.59 Å². The minimum absolute atomic E-state index is 0.0408. The molecule has 0 saturated carbocycles. The fourth-order valence-corrected chi connectivity index (χ4v) is 1.92. The van der Waals surface area contributed by atoms with Gasteiger partial charge in [-0.05, 0) is 24.1 Å². The second kappa shape index (κ2) is 6.68. The summed E-state index contributed by atoms with van der Waals surface area (Å²) in [5, 5.41) is 12.0. The van der Waals surface area contributed by atoms with Crippen LogP contribution in [0.3, 0.4) is 0 Å². The molecule has 0 unspecified atom stereocenters. The lowest BCUT2D eigenvalue weighted by atomic mass is 10.1. The molecule has 0 aliphatic carbocycles. The quantitative estimate of drug-likeness (QED) is 0.749. The number of aliphatic hydroxyl groups is 1. The molecule has 5 nitrogen and oxygen atoms in total. The Balaban J connectivity index is 2.05. The molecule has 20 heavy (non-hydrogen) atoms. The van der Waals surface area contributed by atoms with E-state index in [4.69, 9.17) is 0 Å². The fraction of sp³-hybridized carbons (Fsp3) is 0.200. The van der Waals surface area contributed by atoms with Crippen LogP contribution in [0.15, 0.2) is 53.5 Å². The molecule has 1 aromatic heterocycles. The Morgan fingerprint density at radius 2 is 1.95 bits per heavy atom. The average molecular weight is 272 g/mol. The smallest absolute Gasteiger partial charge is 0.260 e. The number of benzene rings is 1. The zero-order valence-corrected chi connectivity index (χ0v) is 10.9. The molecule has 0 bridgehead atoms. The van der Waals surface area contributed by atoms with Crippen molar-refractivity contribution < 1.29 is 9.90 Å². The van der Waals surface area contributed by atoms with Crippen LogP contribution in [-0.4, -0.2) is 28.6 Å². The van der Waals surface area contributed by atoms with Crippen LogP contribution >= 0.6 is 0 Å². The number of rotatable bonds is 5. The van der Waals surface area contributed by atoms with Gasteiger partial charge in [-0.2, -0.15) is 0 Å². The number of aliphatic hydroxyl groups excluding tert-OH is 1. The summed E-state index contributed by atoms with van der Waals surface area (Å²) in [5.74, 6) is -0.484. The number of aromatic nitrogens is 1. The predicted octanol–water partition coefficient (Wildman–Crippen LogP) is 0.708. The van der Waals surface area contributed by atoms with Crippen LogP contribution in [0.25, 0.3) is 0 Å². The molecular weight excluding hydrogens is 256 g/mol. The lowest BCUT2D eigenvalue weighted by Crippen LogP contribution is -2.41. The molecule has 1 heterocycles. The number of hydrogen-bond donors (Lipinski definition) is 3. The molecule has 2 aromatic rings. The third-order valence-electron chi connectivity index (χ3n) is 2.94. The highest BCUT2D eigenvalue weighted by Gasteiger charge is 2.15. The summed E-state index contributed by atoms with van der Waals surface area (Å²) < 4.78 is 0. The fourth-order valence-electron chi connectivity index (χ4n) is 1.92. The van der Waals surface area contributed by atoms with Gasteiger partial charge in [0, 0.05) is 6.20 Å². The van der Waals surface area contributed by atoms with Gasteiger partial charge in [0.25, 0.3) is 11.5 Å². The number of hydrogen-bond acceptors (Lipinski definition) is 3. The molecule has 0 spiro atoms. The molecule has 0 fully saturated rings. The number of carbonyl (C=O) groups excluding carboxylic acids is 1. The number of nitrogens with one attached hydrogen (secondary N) is 2. The van der Waals surface area contributed by atoms with E-state index in [2.05, 4.69) is 10.3 Å². The van der Waals surface area contributed by atoms with Crippen LogP contribution < -0.4 is 10.9 Å². The molecular formula is C15H16N2O3. The summed E-state index contributed by atoms with van der Waals surface area (Å²) in [4.78, 5) is 25.9. The van der Waals surface area contributed by atoms with Gasteiger partial charge in [-0.25, -0.2) is 0 Å². The van der Waals surface area contributed by atoms with E-state index >= 15 is 0 Å². The zero-order valence-electron chi connectivity index (χ0n) is 10.9. The summed E-state index contributed by atoms with van der Waals surface area (Å²) in [6.45, 7) is -0.189. The van der Waals surface area contributed by atoms with Crippen LogP contribution in [0.2, 0.25) is 0 Å². The molecule has 5 heteroatoms. The number of H-pyrrole nitrogens is 1. The van der Waals surface area contributed by atoms with Crippen LogP contribution in [0.4, 0.5) is 0 Å². The molecule has 0 saturated heterocycles. The Morgan fingerprint density at radius 1 is 1.20 bits per heavy atom. The van der Waals surface area contributed by atoms with Crippen molar-refractivity contribution in [3.8, 4) is 0 Å². The summed E-state index contributed by atoms with van der Waals surface area (Å²) in [6, 6.07) is 12.1. The predicted molar refractivity (Wildman–Crippen MR) is 75.5 cm³/mol. The molecule has 0 aliphatic rings. The van der Waals surface area contributed by atoms with Crippen molar-refractivity contribution in [1.82, 2.24) is 10.3 Å². The van der Waals surface area contributed by atoms with Crippen molar-refractivity contribution in [1.29, 1.82) is 0 Å². The van der Waals surface area contributed by atoms with Crippen molar-refractivity contribution in [3.05, 3.63) is 70.1 Å². The standard InChI is InChI=1S/C15H16N2O3/c18-10-12(9-11-5-2-1-3-6-11)17-15(20)13-7-4-8-16-14(13)19/h1-8,12,18H,9-10H2,(H,16,19)(H,17,20)/t12-/m1/s1. The van der Waals surface area contributed by atoms with E-state index in [-0.39, 0.29) is 12.2 Å². The monoisotopic (exact) mass is 272 g/mol. The number of aromatic amines is 1. The van der Waals surface area contributed by atoms with E-state index in [0.29, 0.717) is 6.42 Å². The Kier molecular flexibility index (Phi) is 4.68. The van der Waals surface area contributed by atoms with Gasteiger partial charge in [0.15, 0.2) is 0 Å². The normalized spacial score (nSPS) is 11.8. The summed E-state index contributed by atoms with van der Waals surface area (Å²) in [7, 11) is 0. The molecule has 104 valence electrons. The van der Waals surface area contributed by atoms with E-state index in [0.717, 1.165) is 5.56 Å². The second-order valence-electron chi connectivity index (χ2n) is 4.46. The number of carbonyl (C=O) groups is 1. The van der Waals surface area contributed by atoms with Gasteiger partial charge in [0.1, 0.15) is 5.56 Å². The van der Waals surface area contributed by atoms with E-state index in [1.807, 2.05) is 30.3 Å². The van der Waals surface area contributed by atoms with E-state index in [9.17, 15) is 14.7 Å². The Labute approximate surface area is 116 Å². The van der Waals surface area contributed by atoms with Crippen LogP contribution in [0.1, 0.15) is 15.9 Å². The maximum absolute atomic E-state index is 12.0. The van der Waals surface area contributed by atoms with Crippen molar-refractivity contribution in [3.63, 3.8) is 0 Å². The lowest BCUT2D eigenvalue weighted by molar-refractivity contribution is 0.0915. The van der Waals surface area contributed by atoms with E-state index in [1.54, 1.807) is 6.07 Å². The number of pyridine rings is 1. The first-order valence-corrected chi connectivity index (χ1v) is 6.34. The maximum atomic E-state index is 12.0. The highest BCUT2D eigenvalue weighted by Crippen LogP contribution is 2.03. The molecule has 2 rings (SSSR count). The van der Waals surface area contributed by atoms with Gasteiger partial charge in [-0.15, -0.1) is 0 Å². The third kappa shape index (κ3) is 3.55. The van der Waals surface area contributed by atoms with Crippen LogP contribution in [0.5, 0.6) is 0 Å². The molecule has 1 amide bonds. The highest BCUT2D eigenvalue weighted by atomic mass is 16.3. The van der Waals surface area contributed by atoms with Crippen molar-refractivity contribution in [2.45, 2.75) is 12.5 Å². The van der Waals surface area contributed by atoms with E-state index in [1.165, 1.54) is 12.3 Å². The summed E-state index contributed by atoms with van der Waals surface area (Å²) in [5.41, 5.74) is 0.606. The topological polar surface area (TPSA) is 82.2 Å². The van der Waals surface area contributed by atoms with Crippen LogP contribution in [-0.2, 0) is 6.42 Å². The third-order valence-corrected chi connectivity index (χ3v) is 2.94. The first-order valence-electron chi connectivity index (χ1n) is 6.34. The van der Waals surface area contributed by atoms with Gasteiger partial charge in [-0.1, -0.05) is 30.3 Å². The number of amides is 1. The summed E-state index contributed by atoms with van der Waals surface area (Å²) in [6.07, 6.45) is 1.97. The van der Waals surface area contributed by atoms with Crippen molar-refractivity contribution >= 4 is 5.91 Å². The average Bonchev–Trinajstić information content (AvgIpc) is 2.48. The SMILES string of the molecule is O=C(N[C@@H](CO)Cc1ccccc1)c1ccc[nH]c1=O. The van der Waals surface area contributed by atoms with Gasteiger partial charge >= 0.3 is 0 Å². The van der Waals surface area contributed by atoms with E-state index < -0.39 is 17.5 Å². The minimum Gasteiger partial charge on any atom is -0.394 e. The van der Waals surface area contributed by atoms with Crippen LogP contribution in [0, 0.1) is 0 Å². The zero-order chi connectivity index (χ0) is 14.4. The minimum atomic E-state index is -0.484. The lowest BCUT2D eigenvalue weighted by Gasteiger charge is -2.16. The van der Waals surface area contributed by atoms with Crippen molar-refractivity contribution in [2.75, 3.05) is 6.61 Å². The first-order chi connectivity index (χ1) is 9.70. The molecule has 1 atom stereocenters. The molecule has 0 aliphatic heterocycles. The largest absolute Gasteiger partial charge is 0.394 e. The maximum Gasteiger partial charge on any atom is 0.260 e. The highest BCUT2D eigenvalue weighted by molar-refractivity contribution is 5.93. The van der Waals surface area contributed by atoms with Gasteiger partial charge in [0.2, 0.25) is 0 Å². The molecule has 0 radical (unpaired) electrons.